The number of nitrogens with zero attached hydrogens (tertiary/aromatic N) is 2. The van der Waals surface area contributed by atoms with Gasteiger partial charge in [-0.25, -0.2) is 0 Å². The van der Waals surface area contributed by atoms with Gasteiger partial charge in [-0.1, -0.05) is 75.4 Å². The predicted octanol–water partition coefficient (Wildman–Crippen LogP) is 5.40. The van der Waals surface area contributed by atoms with E-state index in [4.69, 9.17) is 4.99 Å². The monoisotopic (exact) mass is 360 g/mol. The highest BCUT2D eigenvalue weighted by molar-refractivity contribution is 6.00. The van der Waals surface area contributed by atoms with Crippen LogP contribution >= 0.6 is 0 Å². The van der Waals surface area contributed by atoms with Crippen molar-refractivity contribution in [3.8, 4) is 0 Å². The van der Waals surface area contributed by atoms with E-state index in [1.165, 1.54) is 28.7 Å². The molecule has 4 rings (SSSR count). The van der Waals surface area contributed by atoms with Crippen LogP contribution in [0.4, 0.5) is 0 Å². The quantitative estimate of drug-likeness (QED) is 0.713. The largest absolute Gasteiger partial charge is 0.358 e. The molecule has 0 saturated heterocycles. The molecule has 2 aliphatic rings. The van der Waals surface area contributed by atoms with Crippen LogP contribution < -0.4 is 0 Å². The Morgan fingerprint density at radius 2 is 1.74 bits per heavy atom. The molecule has 0 fully saturated rings. The van der Waals surface area contributed by atoms with E-state index in [1.807, 2.05) is 13.8 Å². The summed E-state index contributed by atoms with van der Waals surface area (Å²) in [7, 11) is 2.14. The molecule has 0 bridgehead atoms. The summed E-state index contributed by atoms with van der Waals surface area (Å²) in [6.07, 6.45) is 7.95. The highest BCUT2D eigenvalue weighted by Crippen LogP contribution is 2.27. The number of aliphatic imine (C=N–C) groups is 1. The molecule has 2 heteroatoms. The second kappa shape index (κ2) is 9.03. The second-order valence-corrected chi connectivity index (χ2v) is 7.31. The van der Waals surface area contributed by atoms with Gasteiger partial charge >= 0.3 is 0 Å². The van der Waals surface area contributed by atoms with Crippen molar-refractivity contribution in [3.63, 3.8) is 0 Å². The van der Waals surface area contributed by atoms with Crippen molar-refractivity contribution < 1.29 is 0 Å². The molecule has 0 aromatic heterocycles. The van der Waals surface area contributed by atoms with Gasteiger partial charge in [-0.2, -0.15) is 0 Å². The lowest BCUT2D eigenvalue weighted by Gasteiger charge is -2.20. The molecule has 1 aliphatic heterocycles. The van der Waals surface area contributed by atoms with Crippen LogP contribution in [0.3, 0.4) is 0 Å². The molecule has 2 aromatic rings. The van der Waals surface area contributed by atoms with Gasteiger partial charge in [0.2, 0.25) is 0 Å². The van der Waals surface area contributed by atoms with Gasteiger partial charge in [0, 0.05) is 19.2 Å². The third kappa shape index (κ3) is 4.32. The van der Waals surface area contributed by atoms with Crippen molar-refractivity contribution in [1.82, 2.24) is 4.90 Å². The van der Waals surface area contributed by atoms with Gasteiger partial charge in [0.05, 0.1) is 6.54 Å². The summed E-state index contributed by atoms with van der Waals surface area (Å²) in [5.74, 6) is 1.80. The molecule has 1 heterocycles. The maximum Gasteiger partial charge on any atom is 0.131 e. The highest BCUT2D eigenvalue weighted by Gasteiger charge is 2.18. The van der Waals surface area contributed by atoms with Crippen LogP contribution in [0.5, 0.6) is 0 Å². The molecule has 142 valence electrons. The number of allylic oxidation sites excluding steroid dienone is 1. The van der Waals surface area contributed by atoms with Crippen molar-refractivity contribution in [2.24, 2.45) is 10.9 Å². The fourth-order valence-electron chi connectivity index (χ4n) is 4.00. The summed E-state index contributed by atoms with van der Waals surface area (Å²) in [4.78, 5) is 6.99. The SMILES string of the molecule is CC.CC1C=Cc2cccc(CCc3ccccc3C3=NCCN3C)c2C1. The van der Waals surface area contributed by atoms with Gasteiger partial charge in [-0.3, -0.25) is 4.99 Å². The number of hydrogen-bond donors (Lipinski definition) is 0. The summed E-state index contributed by atoms with van der Waals surface area (Å²) in [5, 5.41) is 0. The molecule has 2 aromatic carbocycles. The zero-order valence-corrected chi connectivity index (χ0v) is 17.2. The zero-order chi connectivity index (χ0) is 19.2. The lowest BCUT2D eigenvalue weighted by atomic mass is 9.85. The standard InChI is InChI=1S/C23H26N2.C2H6/c1-17-10-11-19-7-5-8-20(22(19)16-17)13-12-18-6-3-4-9-21(18)23-24-14-15-25(23)2;1-2/h3-11,17H,12-16H2,1-2H3;1-2H3. The summed E-state index contributed by atoms with van der Waals surface area (Å²) in [6, 6.07) is 15.5. The normalized spacial score (nSPS) is 17.9. The molecule has 2 nitrogen and oxygen atoms in total. The van der Waals surface area contributed by atoms with Crippen LogP contribution in [-0.2, 0) is 19.3 Å². The average Bonchev–Trinajstić information content (AvgIpc) is 3.14. The van der Waals surface area contributed by atoms with E-state index in [2.05, 4.69) is 73.5 Å². The van der Waals surface area contributed by atoms with Crippen molar-refractivity contribution in [1.29, 1.82) is 0 Å². The molecule has 1 aliphatic carbocycles. The molecule has 0 N–H and O–H groups in total. The zero-order valence-electron chi connectivity index (χ0n) is 17.2. The Balaban J connectivity index is 0.00000102. The van der Waals surface area contributed by atoms with Crippen LogP contribution in [0.1, 0.15) is 48.6 Å². The first-order valence-electron chi connectivity index (χ1n) is 10.3. The molecule has 0 radical (unpaired) electrons. The first-order valence-corrected chi connectivity index (χ1v) is 10.3. The Labute approximate surface area is 164 Å². The maximum atomic E-state index is 4.72. The van der Waals surface area contributed by atoms with E-state index in [0.29, 0.717) is 5.92 Å². The molecule has 1 atom stereocenters. The number of rotatable bonds is 4. The van der Waals surface area contributed by atoms with Gasteiger partial charge in [-0.15, -0.1) is 0 Å². The molecular formula is C25H32N2. The fourth-order valence-corrected chi connectivity index (χ4v) is 4.00. The van der Waals surface area contributed by atoms with Crippen LogP contribution in [0.2, 0.25) is 0 Å². The summed E-state index contributed by atoms with van der Waals surface area (Å²) in [5.41, 5.74) is 7.17. The van der Waals surface area contributed by atoms with Crippen LogP contribution in [-0.4, -0.2) is 30.9 Å². The number of likely N-dealkylation sites (N-methyl/N-ethyl adjacent to an activating group) is 1. The number of hydrogen-bond acceptors (Lipinski definition) is 2. The third-order valence-corrected chi connectivity index (χ3v) is 5.42. The van der Waals surface area contributed by atoms with Gasteiger partial charge in [0.15, 0.2) is 0 Å². The molecule has 0 saturated carbocycles. The van der Waals surface area contributed by atoms with Gasteiger partial charge in [-0.05, 0) is 47.4 Å². The first kappa shape index (κ1) is 19.4. The van der Waals surface area contributed by atoms with E-state index in [9.17, 15) is 0 Å². The number of amidine groups is 1. The number of benzene rings is 2. The van der Waals surface area contributed by atoms with Crippen molar-refractivity contribution in [2.75, 3.05) is 20.1 Å². The van der Waals surface area contributed by atoms with E-state index >= 15 is 0 Å². The summed E-state index contributed by atoms with van der Waals surface area (Å²) < 4.78 is 0. The third-order valence-electron chi connectivity index (χ3n) is 5.42. The molecule has 0 spiro atoms. The van der Waals surface area contributed by atoms with Crippen LogP contribution in [0.25, 0.3) is 6.08 Å². The lowest BCUT2D eigenvalue weighted by molar-refractivity contribution is 0.556. The second-order valence-electron chi connectivity index (χ2n) is 7.31. The fraction of sp³-hybridized carbons (Fsp3) is 0.400. The van der Waals surface area contributed by atoms with E-state index < -0.39 is 0 Å². The Bertz CT molecular complexity index is 832. The van der Waals surface area contributed by atoms with Crippen LogP contribution in [0, 0.1) is 5.92 Å². The molecule has 1 unspecified atom stereocenters. The summed E-state index contributed by atoms with van der Waals surface area (Å²) >= 11 is 0. The Kier molecular flexibility index (Phi) is 6.49. The minimum Gasteiger partial charge on any atom is -0.358 e. The Morgan fingerprint density at radius 3 is 2.52 bits per heavy atom. The minimum absolute atomic E-state index is 0.641. The number of aryl methyl sites for hydroxylation is 2. The maximum absolute atomic E-state index is 4.72. The van der Waals surface area contributed by atoms with Gasteiger partial charge in [0.25, 0.3) is 0 Å². The predicted molar refractivity (Wildman–Crippen MR) is 118 cm³/mol. The molecule has 27 heavy (non-hydrogen) atoms. The Morgan fingerprint density at radius 1 is 1.00 bits per heavy atom. The van der Waals surface area contributed by atoms with Crippen molar-refractivity contribution >= 4 is 11.9 Å². The van der Waals surface area contributed by atoms with Crippen LogP contribution in [0.15, 0.2) is 53.5 Å². The topological polar surface area (TPSA) is 15.6 Å². The lowest BCUT2D eigenvalue weighted by Crippen LogP contribution is -2.24. The van der Waals surface area contributed by atoms with Gasteiger partial charge in [0.1, 0.15) is 5.84 Å². The smallest absolute Gasteiger partial charge is 0.131 e. The van der Waals surface area contributed by atoms with E-state index in [-0.39, 0.29) is 0 Å². The molecule has 0 amide bonds. The summed E-state index contributed by atoms with van der Waals surface area (Å²) in [6.45, 7) is 8.25. The molecular weight excluding hydrogens is 328 g/mol. The van der Waals surface area contributed by atoms with Crippen molar-refractivity contribution in [3.05, 3.63) is 76.4 Å². The number of fused-ring (bicyclic) bond motifs is 1. The highest BCUT2D eigenvalue weighted by atomic mass is 15.2. The van der Waals surface area contributed by atoms with Gasteiger partial charge < -0.3 is 4.90 Å². The van der Waals surface area contributed by atoms with E-state index in [0.717, 1.165) is 31.8 Å². The van der Waals surface area contributed by atoms with E-state index in [1.54, 1.807) is 5.56 Å². The Hall–Kier alpha value is -2.35. The van der Waals surface area contributed by atoms with Crippen molar-refractivity contribution in [2.45, 2.75) is 40.0 Å². The first-order chi connectivity index (χ1) is 13.2. The average molecular weight is 361 g/mol. The minimum atomic E-state index is 0.641.